The molecular formula is C15H21Cl2N. The van der Waals surface area contributed by atoms with Gasteiger partial charge >= 0.3 is 0 Å². The van der Waals surface area contributed by atoms with Crippen molar-refractivity contribution in [1.82, 2.24) is 0 Å². The number of alkyl halides is 1. The van der Waals surface area contributed by atoms with Gasteiger partial charge in [-0.3, -0.25) is 0 Å². The molecule has 100 valence electrons. The summed E-state index contributed by atoms with van der Waals surface area (Å²) in [6.45, 7) is 8.03. The molecule has 0 bridgehead atoms. The molecule has 3 atom stereocenters. The van der Waals surface area contributed by atoms with Gasteiger partial charge in [0.1, 0.15) is 0 Å². The average molecular weight is 286 g/mol. The third kappa shape index (κ3) is 2.78. The molecule has 1 fully saturated rings. The summed E-state index contributed by atoms with van der Waals surface area (Å²) in [5.74, 6) is 1.94. The molecule has 1 aliphatic rings. The normalized spacial score (nSPS) is 28.5. The van der Waals surface area contributed by atoms with Gasteiger partial charge in [-0.2, -0.15) is 0 Å². The third-order valence-electron chi connectivity index (χ3n) is 4.07. The molecular weight excluding hydrogens is 265 g/mol. The van der Waals surface area contributed by atoms with Gasteiger partial charge in [0.05, 0.1) is 10.7 Å². The van der Waals surface area contributed by atoms with Gasteiger partial charge in [-0.15, -0.1) is 11.6 Å². The number of piperidine rings is 1. The van der Waals surface area contributed by atoms with Crippen LogP contribution in [0.2, 0.25) is 5.02 Å². The standard InChI is InChI=1S/C15H21Cl2N/c1-10-6-11(2)12(3)18(9-10)15-5-4-13(8-16)7-14(15)17/h4-5,7,10-12H,6,8-9H2,1-3H3. The largest absolute Gasteiger partial charge is 0.367 e. The van der Waals surface area contributed by atoms with Crippen molar-refractivity contribution >= 4 is 28.9 Å². The molecule has 3 unspecified atom stereocenters. The summed E-state index contributed by atoms with van der Waals surface area (Å²) in [6, 6.07) is 6.72. The lowest BCUT2D eigenvalue weighted by molar-refractivity contribution is 0.297. The Balaban J connectivity index is 2.29. The van der Waals surface area contributed by atoms with Crippen LogP contribution in [0.1, 0.15) is 32.8 Å². The fourth-order valence-electron chi connectivity index (χ4n) is 2.90. The highest BCUT2D eigenvalue weighted by atomic mass is 35.5. The first kappa shape index (κ1) is 14.0. The van der Waals surface area contributed by atoms with E-state index in [1.54, 1.807) is 0 Å². The van der Waals surface area contributed by atoms with Gasteiger partial charge in [-0.1, -0.05) is 31.5 Å². The molecule has 1 aromatic carbocycles. The van der Waals surface area contributed by atoms with E-state index in [-0.39, 0.29) is 0 Å². The van der Waals surface area contributed by atoms with E-state index in [0.717, 1.165) is 28.7 Å². The third-order valence-corrected chi connectivity index (χ3v) is 4.68. The van der Waals surface area contributed by atoms with E-state index in [0.29, 0.717) is 17.8 Å². The lowest BCUT2D eigenvalue weighted by Crippen LogP contribution is -2.46. The van der Waals surface area contributed by atoms with E-state index < -0.39 is 0 Å². The molecule has 0 saturated carbocycles. The van der Waals surface area contributed by atoms with Crippen molar-refractivity contribution in [2.24, 2.45) is 11.8 Å². The van der Waals surface area contributed by atoms with Crippen LogP contribution in [-0.2, 0) is 5.88 Å². The van der Waals surface area contributed by atoms with Crippen LogP contribution in [0, 0.1) is 11.8 Å². The molecule has 0 amide bonds. The molecule has 1 aliphatic heterocycles. The molecule has 1 saturated heterocycles. The quantitative estimate of drug-likeness (QED) is 0.695. The molecule has 3 heteroatoms. The molecule has 1 heterocycles. The lowest BCUT2D eigenvalue weighted by Gasteiger charge is -2.43. The van der Waals surface area contributed by atoms with Crippen LogP contribution >= 0.6 is 23.2 Å². The zero-order valence-corrected chi connectivity index (χ0v) is 12.8. The Labute approximate surface area is 120 Å². The van der Waals surface area contributed by atoms with Crippen molar-refractivity contribution in [1.29, 1.82) is 0 Å². The number of nitrogens with zero attached hydrogens (tertiary/aromatic N) is 1. The van der Waals surface area contributed by atoms with Crippen molar-refractivity contribution < 1.29 is 0 Å². The Bertz CT molecular complexity index is 419. The topological polar surface area (TPSA) is 3.24 Å². The van der Waals surface area contributed by atoms with Crippen LogP contribution in [-0.4, -0.2) is 12.6 Å². The molecule has 0 N–H and O–H groups in total. The van der Waals surface area contributed by atoms with E-state index in [2.05, 4.69) is 37.8 Å². The van der Waals surface area contributed by atoms with Crippen LogP contribution < -0.4 is 4.90 Å². The van der Waals surface area contributed by atoms with Crippen molar-refractivity contribution in [2.45, 2.75) is 39.1 Å². The molecule has 1 aromatic rings. The Kier molecular flexibility index (Phi) is 4.45. The van der Waals surface area contributed by atoms with Gasteiger partial charge in [0.15, 0.2) is 0 Å². The lowest BCUT2D eigenvalue weighted by atomic mass is 9.85. The molecule has 0 aromatic heterocycles. The highest BCUT2D eigenvalue weighted by molar-refractivity contribution is 6.33. The first-order valence-electron chi connectivity index (χ1n) is 6.64. The second-order valence-corrected chi connectivity index (χ2v) is 6.30. The first-order chi connectivity index (χ1) is 8.52. The minimum absolute atomic E-state index is 0.516. The van der Waals surface area contributed by atoms with E-state index in [1.807, 2.05) is 6.07 Å². The van der Waals surface area contributed by atoms with Crippen molar-refractivity contribution in [2.75, 3.05) is 11.4 Å². The van der Waals surface area contributed by atoms with E-state index in [1.165, 1.54) is 6.42 Å². The summed E-state index contributed by atoms with van der Waals surface area (Å²) in [4.78, 5) is 2.44. The maximum Gasteiger partial charge on any atom is 0.0642 e. The number of benzene rings is 1. The van der Waals surface area contributed by atoms with E-state index in [9.17, 15) is 0 Å². The average Bonchev–Trinajstić information content (AvgIpc) is 2.34. The summed E-state index contributed by atoms with van der Waals surface area (Å²) in [5, 5.41) is 0.821. The summed E-state index contributed by atoms with van der Waals surface area (Å²) in [6.07, 6.45) is 1.30. The fourth-order valence-corrected chi connectivity index (χ4v) is 3.38. The van der Waals surface area contributed by atoms with Gasteiger partial charge in [-0.25, -0.2) is 0 Å². The zero-order valence-electron chi connectivity index (χ0n) is 11.3. The second-order valence-electron chi connectivity index (χ2n) is 5.63. The van der Waals surface area contributed by atoms with E-state index >= 15 is 0 Å². The molecule has 2 rings (SSSR count). The SMILES string of the molecule is CC1CC(C)C(C)N(c2ccc(CCl)cc2Cl)C1. The maximum absolute atomic E-state index is 6.40. The van der Waals surface area contributed by atoms with Crippen LogP contribution in [0.5, 0.6) is 0 Å². The summed E-state index contributed by atoms with van der Waals surface area (Å²) in [5.41, 5.74) is 2.23. The number of rotatable bonds is 2. The molecule has 18 heavy (non-hydrogen) atoms. The smallest absolute Gasteiger partial charge is 0.0642 e. The highest BCUT2D eigenvalue weighted by Crippen LogP contribution is 2.35. The van der Waals surface area contributed by atoms with E-state index in [4.69, 9.17) is 23.2 Å². The van der Waals surface area contributed by atoms with Gasteiger partial charge < -0.3 is 4.90 Å². The van der Waals surface area contributed by atoms with Crippen LogP contribution in [0.15, 0.2) is 18.2 Å². The Morgan fingerprint density at radius 1 is 1.28 bits per heavy atom. The molecule has 0 radical (unpaired) electrons. The van der Waals surface area contributed by atoms with Gasteiger partial charge in [0, 0.05) is 18.5 Å². The highest BCUT2D eigenvalue weighted by Gasteiger charge is 2.29. The maximum atomic E-state index is 6.40. The predicted molar refractivity (Wildman–Crippen MR) is 80.8 cm³/mol. The van der Waals surface area contributed by atoms with Gasteiger partial charge in [-0.05, 0) is 42.9 Å². The number of halogens is 2. The summed E-state index contributed by atoms with van der Waals surface area (Å²) < 4.78 is 0. The van der Waals surface area contributed by atoms with Crippen LogP contribution in [0.25, 0.3) is 0 Å². The van der Waals surface area contributed by atoms with Crippen molar-refractivity contribution in [3.05, 3.63) is 28.8 Å². The van der Waals surface area contributed by atoms with Crippen molar-refractivity contribution in [3.63, 3.8) is 0 Å². The van der Waals surface area contributed by atoms with Gasteiger partial charge in [0.25, 0.3) is 0 Å². The number of anilines is 1. The van der Waals surface area contributed by atoms with Crippen LogP contribution in [0.3, 0.4) is 0 Å². The monoisotopic (exact) mass is 285 g/mol. The fraction of sp³-hybridized carbons (Fsp3) is 0.600. The second kappa shape index (κ2) is 5.71. The first-order valence-corrected chi connectivity index (χ1v) is 7.55. The molecule has 1 nitrogen and oxygen atoms in total. The molecule has 0 aliphatic carbocycles. The Morgan fingerprint density at radius 2 is 2.00 bits per heavy atom. The molecule has 0 spiro atoms. The minimum atomic E-state index is 0.516. The Hall–Kier alpha value is -0.400. The Morgan fingerprint density at radius 3 is 2.61 bits per heavy atom. The predicted octanol–water partition coefficient (Wildman–Crippen LogP) is 4.95. The minimum Gasteiger partial charge on any atom is -0.367 e. The number of hydrogen-bond donors (Lipinski definition) is 0. The van der Waals surface area contributed by atoms with Crippen LogP contribution in [0.4, 0.5) is 5.69 Å². The zero-order chi connectivity index (χ0) is 13.3. The number of hydrogen-bond acceptors (Lipinski definition) is 1. The van der Waals surface area contributed by atoms with Gasteiger partial charge in [0.2, 0.25) is 0 Å². The summed E-state index contributed by atoms with van der Waals surface area (Å²) >= 11 is 12.2. The summed E-state index contributed by atoms with van der Waals surface area (Å²) in [7, 11) is 0. The van der Waals surface area contributed by atoms with Crippen molar-refractivity contribution in [3.8, 4) is 0 Å².